The minimum atomic E-state index is -0.270. The number of nitrogens with one attached hydrogen (secondary N) is 1. The van der Waals surface area contributed by atoms with E-state index in [0.717, 1.165) is 10.0 Å². The van der Waals surface area contributed by atoms with E-state index >= 15 is 0 Å². The van der Waals surface area contributed by atoms with E-state index in [0.29, 0.717) is 25.6 Å². The summed E-state index contributed by atoms with van der Waals surface area (Å²) in [4.78, 5) is 13.6. The molecule has 1 aromatic carbocycles. The van der Waals surface area contributed by atoms with Crippen LogP contribution >= 0.6 is 15.9 Å². The second-order valence-electron chi connectivity index (χ2n) is 5.11. The van der Waals surface area contributed by atoms with Crippen molar-refractivity contribution in [2.24, 2.45) is 5.92 Å². The van der Waals surface area contributed by atoms with Crippen LogP contribution in [-0.4, -0.2) is 30.9 Å². The van der Waals surface area contributed by atoms with E-state index in [1.54, 1.807) is 6.07 Å². The van der Waals surface area contributed by atoms with Crippen LogP contribution < -0.4 is 5.32 Å². The standard InChI is InChI=1S/C14H20BrFN2O/c1-10(2)7-17-14(19)9-18(3)8-11-4-5-12(16)6-13(11)15/h4-6,10H,7-9H2,1-3H3,(H,17,19). The molecule has 1 N–H and O–H groups in total. The molecule has 5 heteroatoms. The minimum Gasteiger partial charge on any atom is -0.355 e. The summed E-state index contributed by atoms with van der Waals surface area (Å²) < 4.78 is 13.7. The predicted molar refractivity (Wildman–Crippen MR) is 78.3 cm³/mol. The van der Waals surface area contributed by atoms with Crippen molar-refractivity contribution in [2.45, 2.75) is 20.4 Å². The maximum absolute atomic E-state index is 13.0. The van der Waals surface area contributed by atoms with Crippen LogP contribution in [0.1, 0.15) is 19.4 Å². The highest BCUT2D eigenvalue weighted by Gasteiger charge is 2.09. The third kappa shape index (κ3) is 6.16. The van der Waals surface area contributed by atoms with Gasteiger partial charge in [-0.1, -0.05) is 35.8 Å². The molecular weight excluding hydrogens is 311 g/mol. The zero-order valence-electron chi connectivity index (χ0n) is 11.5. The van der Waals surface area contributed by atoms with Crippen LogP contribution in [-0.2, 0) is 11.3 Å². The second-order valence-corrected chi connectivity index (χ2v) is 5.96. The van der Waals surface area contributed by atoms with Crippen molar-refractivity contribution >= 4 is 21.8 Å². The summed E-state index contributed by atoms with van der Waals surface area (Å²) in [5, 5.41) is 2.87. The van der Waals surface area contributed by atoms with Crippen molar-refractivity contribution in [1.82, 2.24) is 10.2 Å². The molecule has 0 aliphatic rings. The largest absolute Gasteiger partial charge is 0.355 e. The lowest BCUT2D eigenvalue weighted by molar-refractivity contribution is -0.122. The highest BCUT2D eigenvalue weighted by atomic mass is 79.9. The van der Waals surface area contributed by atoms with Gasteiger partial charge in [-0.3, -0.25) is 9.69 Å². The van der Waals surface area contributed by atoms with Crippen molar-refractivity contribution in [3.8, 4) is 0 Å². The summed E-state index contributed by atoms with van der Waals surface area (Å²) >= 11 is 3.32. The Morgan fingerprint density at radius 1 is 1.47 bits per heavy atom. The fourth-order valence-corrected chi connectivity index (χ4v) is 2.09. The molecule has 0 saturated heterocycles. The van der Waals surface area contributed by atoms with E-state index in [2.05, 4.69) is 35.1 Å². The molecule has 0 aliphatic heterocycles. The smallest absolute Gasteiger partial charge is 0.234 e. The number of hydrogen-bond acceptors (Lipinski definition) is 2. The number of benzene rings is 1. The lowest BCUT2D eigenvalue weighted by Crippen LogP contribution is -2.36. The van der Waals surface area contributed by atoms with Crippen LogP contribution in [0.4, 0.5) is 4.39 Å². The van der Waals surface area contributed by atoms with Gasteiger partial charge in [-0.05, 0) is 30.7 Å². The third-order valence-electron chi connectivity index (χ3n) is 2.58. The van der Waals surface area contributed by atoms with Gasteiger partial charge in [0.25, 0.3) is 0 Å². The fraction of sp³-hybridized carbons (Fsp3) is 0.500. The van der Waals surface area contributed by atoms with E-state index < -0.39 is 0 Å². The normalized spacial score (nSPS) is 11.1. The molecule has 106 valence electrons. The van der Waals surface area contributed by atoms with Crippen molar-refractivity contribution < 1.29 is 9.18 Å². The second kappa shape index (κ2) is 7.60. The van der Waals surface area contributed by atoms with Crippen molar-refractivity contribution in [3.63, 3.8) is 0 Å². The first kappa shape index (κ1) is 16.1. The van der Waals surface area contributed by atoms with Gasteiger partial charge in [0.15, 0.2) is 0 Å². The molecule has 0 saturated carbocycles. The van der Waals surface area contributed by atoms with Gasteiger partial charge < -0.3 is 5.32 Å². The Morgan fingerprint density at radius 3 is 2.74 bits per heavy atom. The SMILES string of the molecule is CC(C)CNC(=O)CN(C)Cc1ccc(F)cc1Br. The van der Waals surface area contributed by atoms with Crippen LogP contribution in [0.2, 0.25) is 0 Å². The molecule has 0 aliphatic carbocycles. The molecule has 1 rings (SSSR count). The molecule has 0 fully saturated rings. The first-order valence-electron chi connectivity index (χ1n) is 6.27. The zero-order valence-corrected chi connectivity index (χ0v) is 13.1. The first-order chi connectivity index (χ1) is 8.88. The maximum atomic E-state index is 13.0. The molecule has 3 nitrogen and oxygen atoms in total. The highest BCUT2D eigenvalue weighted by Crippen LogP contribution is 2.19. The summed E-state index contributed by atoms with van der Waals surface area (Å²) in [6, 6.07) is 4.58. The Labute approximate surface area is 122 Å². The Morgan fingerprint density at radius 2 is 2.16 bits per heavy atom. The Kier molecular flexibility index (Phi) is 6.45. The Hall–Kier alpha value is -0.940. The molecule has 0 heterocycles. The zero-order chi connectivity index (χ0) is 14.4. The van der Waals surface area contributed by atoms with E-state index in [9.17, 15) is 9.18 Å². The number of halogens is 2. The highest BCUT2D eigenvalue weighted by molar-refractivity contribution is 9.10. The molecule has 1 aromatic rings. The summed E-state index contributed by atoms with van der Waals surface area (Å²) in [5.74, 6) is 0.183. The Balaban J connectivity index is 2.46. The van der Waals surface area contributed by atoms with Crippen molar-refractivity contribution in [1.29, 1.82) is 0 Å². The molecule has 0 atom stereocenters. The fourth-order valence-electron chi connectivity index (χ4n) is 1.62. The van der Waals surface area contributed by atoms with Gasteiger partial charge in [0.2, 0.25) is 5.91 Å². The van der Waals surface area contributed by atoms with Crippen molar-refractivity contribution in [2.75, 3.05) is 20.1 Å². The lowest BCUT2D eigenvalue weighted by atomic mass is 10.2. The lowest BCUT2D eigenvalue weighted by Gasteiger charge is -2.17. The van der Waals surface area contributed by atoms with E-state index in [1.807, 2.05) is 11.9 Å². The molecular formula is C14H20BrFN2O. The van der Waals surface area contributed by atoms with Crippen LogP contribution in [0, 0.1) is 11.7 Å². The van der Waals surface area contributed by atoms with Gasteiger partial charge in [0.05, 0.1) is 6.54 Å². The van der Waals surface area contributed by atoms with E-state index in [4.69, 9.17) is 0 Å². The summed E-state index contributed by atoms with van der Waals surface area (Å²) in [5.41, 5.74) is 0.959. The number of carbonyl (C=O) groups excluding carboxylic acids is 1. The Bertz CT molecular complexity index is 437. The van der Waals surface area contributed by atoms with E-state index in [1.165, 1.54) is 12.1 Å². The quantitative estimate of drug-likeness (QED) is 0.869. The number of likely N-dealkylation sites (N-methyl/N-ethyl adjacent to an activating group) is 1. The van der Waals surface area contributed by atoms with Gasteiger partial charge in [-0.2, -0.15) is 0 Å². The maximum Gasteiger partial charge on any atom is 0.234 e. The molecule has 0 radical (unpaired) electrons. The number of carbonyl (C=O) groups is 1. The minimum absolute atomic E-state index is 0.00874. The monoisotopic (exact) mass is 330 g/mol. The van der Waals surface area contributed by atoms with Gasteiger partial charge in [-0.15, -0.1) is 0 Å². The molecule has 0 bridgehead atoms. The number of rotatable bonds is 6. The molecule has 19 heavy (non-hydrogen) atoms. The number of hydrogen-bond donors (Lipinski definition) is 1. The molecule has 0 spiro atoms. The topological polar surface area (TPSA) is 32.3 Å². The van der Waals surface area contributed by atoms with Gasteiger partial charge in [0.1, 0.15) is 5.82 Å². The molecule has 0 unspecified atom stereocenters. The van der Waals surface area contributed by atoms with Gasteiger partial charge >= 0.3 is 0 Å². The van der Waals surface area contributed by atoms with Gasteiger partial charge in [-0.25, -0.2) is 4.39 Å². The summed E-state index contributed by atoms with van der Waals surface area (Å²) in [7, 11) is 1.87. The third-order valence-corrected chi connectivity index (χ3v) is 3.31. The first-order valence-corrected chi connectivity index (χ1v) is 7.07. The average molecular weight is 331 g/mol. The summed E-state index contributed by atoms with van der Waals surface area (Å²) in [6.07, 6.45) is 0. The molecule has 1 amide bonds. The summed E-state index contributed by atoms with van der Waals surface area (Å²) in [6.45, 7) is 5.72. The van der Waals surface area contributed by atoms with Crippen LogP contribution in [0.25, 0.3) is 0 Å². The average Bonchev–Trinajstić information content (AvgIpc) is 2.30. The number of nitrogens with zero attached hydrogens (tertiary/aromatic N) is 1. The van der Waals surface area contributed by atoms with Crippen LogP contribution in [0.5, 0.6) is 0 Å². The number of amides is 1. The van der Waals surface area contributed by atoms with E-state index in [-0.39, 0.29) is 11.7 Å². The van der Waals surface area contributed by atoms with Crippen molar-refractivity contribution in [3.05, 3.63) is 34.1 Å². The van der Waals surface area contributed by atoms with Crippen LogP contribution in [0.3, 0.4) is 0 Å². The molecule has 0 aromatic heterocycles. The predicted octanol–water partition coefficient (Wildman–Crippen LogP) is 2.79. The van der Waals surface area contributed by atoms with Crippen LogP contribution in [0.15, 0.2) is 22.7 Å². The van der Waals surface area contributed by atoms with Gasteiger partial charge in [0, 0.05) is 17.6 Å².